The summed E-state index contributed by atoms with van der Waals surface area (Å²) in [5.74, 6) is 0.714. The molecule has 5 nitrogen and oxygen atoms in total. The third-order valence-corrected chi connectivity index (χ3v) is 3.98. The molecule has 0 saturated carbocycles. The van der Waals surface area contributed by atoms with E-state index in [1.807, 2.05) is 0 Å². The van der Waals surface area contributed by atoms with Crippen molar-refractivity contribution < 1.29 is 9.47 Å². The van der Waals surface area contributed by atoms with Crippen LogP contribution in [0, 0.1) is 0 Å². The SMILES string of the molecule is I.NC(=NCCCOCC1CCCO1)N1CCCCCC1. The highest BCUT2D eigenvalue weighted by molar-refractivity contribution is 14.0. The number of rotatable bonds is 6. The van der Waals surface area contributed by atoms with Crippen molar-refractivity contribution >= 4 is 29.9 Å². The van der Waals surface area contributed by atoms with Crippen molar-refractivity contribution in [2.24, 2.45) is 10.7 Å². The van der Waals surface area contributed by atoms with Gasteiger partial charge in [-0.3, -0.25) is 4.99 Å². The van der Waals surface area contributed by atoms with Gasteiger partial charge >= 0.3 is 0 Å². The zero-order valence-corrected chi connectivity index (χ0v) is 15.3. The zero-order valence-electron chi connectivity index (χ0n) is 13.0. The van der Waals surface area contributed by atoms with E-state index in [-0.39, 0.29) is 24.0 Å². The van der Waals surface area contributed by atoms with Gasteiger partial charge in [-0.2, -0.15) is 0 Å². The van der Waals surface area contributed by atoms with Gasteiger partial charge in [-0.25, -0.2) is 0 Å². The van der Waals surface area contributed by atoms with Crippen LogP contribution in [0.3, 0.4) is 0 Å². The number of aliphatic imine (C=N–C) groups is 1. The van der Waals surface area contributed by atoms with Gasteiger partial charge in [-0.15, -0.1) is 24.0 Å². The van der Waals surface area contributed by atoms with Gasteiger partial charge in [0.15, 0.2) is 5.96 Å². The molecular formula is C15H30IN3O2. The molecule has 124 valence electrons. The first-order chi connectivity index (χ1) is 9.86. The van der Waals surface area contributed by atoms with Crippen LogP contribution >= 0.6 is 24.0 Å². The number of halogens is 1. The second-order valence-corrected chi connectivity index (χ2v) is 5.70. The van der Waals surface area contributed by atoms with Crippen LogP contribution in [0.2, 0.25) is 0 Å². The first kappa shape index (κ1) is 19.0. The molecule has 1 atom stereocenters. The number of likely N-dealkylation sites (tertiary alicyclic amines) is 1. The molecule has 2 N–H and O–H groups in total. The van der Waals surface area contributed by atoms with Crippen molar-refractivity contribution in [2.45, 2.75) is 51.0 Å². The maximum Gasteiger partial charge on any atom is 0.191 e. The van der Waals surface area contributed by atoms with Crippen molar-refractivity contribution in [3.63, 3.8) is 0 Å². The summed E-state index contributed by atoms with van der Waals surface area (Å²) in [5.41, 5.74) is 6.05. The molecule has 0 aromatic rings. The van der Waals surface area contributed by atoms with Gasteiger partial charge in [0.05, 0.1) is 12.7 Å². The van der Waals surface area contributed by atoms with Crippen LogP contribution in [0.4, 0.5) is 0 Å². The monoisotopic (exact) mass is 411 g/mol. The molecule has 1 unspecified atom stereocenters. The van der Waals surface area contributed by atoms with Crippen LogP contribution < -0.4 is 5.73 Å². The lowest BCUT2D eigenvalue weighted by atomic mass is 10.2. The maximum atomic E-state index is 6.05. The summed E-state index contributed by atoms with van der Waals surface area (Å²) < 4.78 is 11.1. The molecular weight excluding hydrogens is 381 g/mol. The van der Waals surface area contributed by atoms with Crippen molar-refractivity contribution in [2.75, 3.05) is 39.5 Å². The molecule has 6 heteroatoms. The van der Waals surface area contributed by atoms with Crippen LogP contribution in [-0.4, -0.2) is 56.4 Å². The van der Waals surface area contributed by atoms with Crippen molar-refractivity contribution in [3.8, 4) is 0 Å². The Morgan fingerprint density at radius 1 is 1.19 bits per heavy atom. The fourth-order valence-electron chi connectivity index (χ4n) is 2.75. The molecule has 2 fully saturated rings. The summed E-state index contributed by atoms with van der Waals surface area (Å²) in [6, 6.07) is 0. The normalized spacial score (nSPS) is 23.7. The summed E-state index contributed by atoms with van der Waals surface area (Å²) in [6.45, 7) is 5.25. The Balaban J connectivity index is 0.00000220. The summed E-state index contributed by atoms with van der Waals surface area (Å²) in [4.78, 5) is 6.69. The molecule has 0 aromatic heterocycles. The van der Waals surface area contributed by atoms with E-state index in [1.54, 1.807) is 0 Å². The van der Waals surface area contributed by atoms with Crippen LogP contribution in [-0.2, 0) is 9.47 Å². The topological polar surface area (TPSA) is 60.1 Å². The molecule has 0 aliphatic carbocycles. The number of hydrogen-bond acceptors (Lipinski definition) is 3. The van der Waals surface area contributed by atoms with E-state index in [4.69, 9.17) is 15.2 Å². The third-order valence-electron chi connectivity index (χ3n) is 3.98. The average Bonchev–Trinajstić information content (AvgIpc) is 2.82. The summed E-state index contributed by atoms with van der Waals surface area (Å²) in [6.07, 6.45) is 8.68. The molecule has 0 aromatic carbocycles. The Morgan fingerprint density at radius 3 is 2.62 bits per heavy atom. The van der Waals surface area contributed by atoms with Crippen LogP contribution in [0.15, 0.2) is 4.99 Å². The predicted octanol–water partition coefficient (Wildman–Crippen LogP) is 2.38. The second kappa shape index (κ2) is 11.5. The first-order valence-corrected chi connectivity index (χ1v) is 8.10. The fraction of sp³-hybridized carbons (Fsp3) is 0.933. The van der Waals surface area contributed by atoms with Gasteiger partial charge in [-0.05, 0) is 32.1 Å². The van der Waals surface area contributed by atoms with Gasteiger partial charge in [0.25, 0.3) is 0 Å². The van der Waals surface area contributed by atoms with Crippen LogP contribution in [0.1, 0.15) is 44.9 Å². The molecule has 0 bridgehead atoms. The Kier molecular flexibility index (Phi) is 10.4. The highest BCUT2D eigenvalue weighted by atomic mass is 127. The Bertz CT molecular complexity index is 289. The number of guanidine groups is 1. The molecule has 2 heterocycles. The molecule has 2 saturated heterocycles. The summed E-state index contributed by atoms with van der Waals surface area (Å²) >= 11 is 0. The van der Waals surface area contributed by atoms with Crippen molar-refractivity contribution in [1.29, 1.82) is 0 Å². The smallest absolute Gasteiger partial charge is 0.191 e. The Labute approximate surface area is 145 Å². The standard InChI is InChI=1S/C15H29N3O2.HI/c16-15(18-9-3-1-2-4-10-18)17-8-6-11-19-13-14-7-5-12-20-14;/h14H,1-13H2,(H2,16,17);1H. The van der Waals surface area contributed by atoms with Gasteiger partial charge in [0, 0.05) is 32.8 Å². The van der Waals surface area contributed by atoms with Crippen LogP contribution in [0.25, 0.3) is 0 Å². The molecule has 21 heavy (non-hydrogen) atoms. The lowest BCUT2D eigenvalue weighted by Crippen LogP contribution is -2.38. The lowest BCUT2D eigenvalue weighted by Gasteiger charge is -2.21. The highest BCUT2D eigenvalue weighted by Crippen LogP contribution is 2.12. The third kappa shape index (κ3) is 7.65. The van der Waals surface area contributed by atoms with Gasteiger partial charge in [-0.1, -0.05) is 12.8 Å². The number of nitrogens with two attached hydrogens (primary N) is 1. The van der Waals surface area contributed by atoms with E-state index in [1.165, 1.54) is 32.1 Å². The quantitative estimate of drug-likeness (QED) is 0.316. The van der Waals surface area contributed by atoms with Crippen molar-refractivity contribution in [3.05, 3.63) is 0 Å². The molecule has 0 radical (unpaired) electrons. The van der Waals surface area contributed by atoms with E-state index in [0.29, 0.717) is 12.1 Å². The van der Waals surface area contributed by atoms with E-state index in [9.17, 15) is 0 Å². The first-order valence-electron chi connectivity index (χ1n) is 8.10. The fourth-order valence-corrected chi connectivity index (χ4v) is 2.75. The minimum Gasteiger partial charge on any atom is -0.379 e. The van der Waals surface area contributed by atoms with E-state index in [2.05, 4.69) is 9.89 Å². The van der Waals surface area contributed by atoms with Gasteiger partial charge in [0.2, 0.25) is 0 Å². The molecule has 0 amide bonds. The van der Waals surface area contributed by atoms with Gasteiger partial charge in [0.1, 0.15) is 0 Å². The Morgan fingerprint density at radius 2 is 1.95 bits per heavy atom. The number of ether oxygens (including phenoxy) is 2. The molecule has 0 spiro atoms. The highest BCUT2D eigenvalue weighted by Gasteiger charge is 2.15. The Hall–Kier alpha value is -0.0800. The van der Waals surface area contributed by atoms with Gasteiger partial charge < -0.3 is 20.1 Å². The maximum absolute atomic E-state index is 6.05. The molecule has 2 aliphatic rings. The minimum atomic E-state index is 0. The number of hydrogen-bond donors (Lipinski definition) is 1. The van der Waals surface area contributed by atoms with E-state index < -0.39 is 0 Å². The van der Waals surface area contributed by atoms with Crippen molar-refractivity contribution in [1.82, 2.24) is 4.90 Å². The molecule has 2 rings (SSSR count). The average molecular weight is 411 g/mol. The summed E-state index contributed by atoms with van der Waals surface area (Å²) in [5, 5.41) is 0. The second-order valence-electron chi connectivity index (χ2n) is 5.70. The number of nitrogens with zero attached hydrogens (tertiary/aromatic N) is 2. The summed E-state index contributed by atoms with van der Waals surface area (Å²) in [7, 11) is 0. The van der Waals surface area contributed by atoms with Crippen LogP contribution in [0.5, 0.6) is 0 Å². The largest absolute Gasteiger partial charge is 0.379 e. The molecule has 2 aliphatic heterocycles. The predicted molar refractivity (Wildman–Crippen MR) is 96.4 cm³/mol. The lowest BCUT2D eigenvalue weighted by molar-refractivity contribution is 0.0170. The van der Waals surface area contributed by atoms with E-state index >= 15 is 0 Å². The minimum absolute atomic E-state index is 0. The van der Waals surface area contributed by atoms with E-state index in [0.717, 1.165) is 52.3 Å². The zero-order chi connectivity index (χ0) is 14.0.